The molecule has 1 aliphatic heterocycles. The minimum Gasteiger partial charge on any atom is -0.329 e. The lowest BCUT2D eigenvalue weighted by molar-refractivity contribution is 0.0349. The fourth-order valence-electron chi connectivity index (χ4n) is 3.80. The van der Waals surface area contributed by atoms with Gasteiger partial charge in [0, 0.05) is 25.2 Å². The van der Waals surface area contributed by atoms with Crippen LogP contribution in [0.1, 0.15) is 47.0 Å². The number of nitrogens with zero attached hydrogens (tertiary/aromatic N) is 1. The van der Waals surface area contributed by atoms with Crippen LogP contribution in [-0.4, -0.2) is 30.1 Å². The Morgan fingerprint density at radius 1 is 1.00 bits per heavy atom. The Balaban J connectivity index is 2.10. The van der Waals surface area contributed by atoms with Crippen molar-refractivity contribution in [3.63, 3.8) is 0 Å². The zero-order valence-electron chi connectivity index (χ0n) is 12.1. The molecule has 2 fully saturated rings. The number of hydrogen-bond donors (Lipinski definition) is 1. The van der Waals surface area contributed by atoms with Crippen molar-refractivity contribution in [1.29, 1.82) is 0 Å². The van der Waals surface area contributed by atoms with Gasteiger partial charge in [-0.3, -0.25) is 4.90 Å². The normalized spacial score (nSPS) is 48.5. The Morgan fingerprint density at radius 3 is 2.06 bits per heavy atom. The van der Waals surface area contributed by atoms with Gasteiger partial charge in [-0.25, -0.2) is 0 Å². The predicted octanol–water partition coefficient (Wildman–Crippen LogP) is 2.73. The topological polar surface area (TPSA) is 29.3 Å². The number of hydrogen-bond acceptors (Lipinski definition) is 2. The summed E-state index contributed by atoms with van der Waals surface area (Å²) in [6.45, 7) is 13.0. The van der Waals surface area contributed by atoms with Crippen molar-refractivity contribution in [1.82, 2.24) is 4.90 Å². The molecule has 0 aromatic rings. The van der Waals surface area contributed by atoms with Crippen LogP contribution in [0.4, 0.5) is 0 Å². The molecule has 0 aromatic carbocycles. The molecule has 2 heteroatoms. The third-order valence-electron chi connectivity index (χ3n) is 5.78. The highest BCUT2D eigenvalue weighted by Crippen LogP contribution is 2.42. The number of rotatable bonds is 2. The zero-order valence-corrected chi connectivity index (χ0v) is 12.1. The molecule has 2 nitrogen and oxygen atoms in total. The Hall–Kier alpha value is -0.0800. The second kappa shape index (κ2) is 4.89. The molecule has 1 aliphatic carbocycles. The van der Waals surface area contributed by atoms with Crippen LogP contribution in [0.25, 0.3) is 0 Å². The molecule has 2 aliphatic rings. The molecule has 1 saturated heterocycles. The predicted molar refractivity (Wildman–Crippen MR) is 73.9 cm³/mol. The Kier molecular flexibility index (Phi) is 3.84. The highest BCUT2D eigenvalue weighted by Gasteiger charge is 2.44. The van der Waals surface area contributed by atoms with Crippen molar-refractivity contribution in [3.05, 3.63) is 0 Å². The second-order valence-electron chi connectivity index (χ2n) is 6.99. The van der Waals surface area contributed by atoms with Gasteiger partial charge in [0.1, 0.15) is 0 Å². The summed E-state index contributed by atoms with van der Waals surface area (Å²) in [6.07, 6.45) is 3.98. The average molecular weight is 238 g/mol. The summed E-state index contributed by atoms with van der Waals surface area (Å²) >= 11 is 0. The summed E-state index contributed by atoms with van der Waals surface area (Å²) in [6, 6.07) is 0. The molecule has 0 bridgehead atoms. The van der Waals surface area contributed by atoms with Crippen LogP contribution in [0.15, 0.2) is 0 Å². The van der Waals surface area contributed by atoms with Crippen LogP contribution in [-0.2, 0) is 0 Å². The van der Waals surface area contributed by atoms with Gasteiger partial charge in [-0.1, -0.05) is 27.7 Å². The van der Waals surface area contributed by atoms with Crippen LogP contribution in [0.2, 0.25) is 0 Å². The zero-order chi connectivity index (χ0) is 12.6. The maximum atomic E-state index is 6.17. The smallest absolute Gasteiger partial charge is 0.0334 e. The Bertz CT molecular complexity index is 256. The highest BCUT2D eigenvalue weighted by atomic mass is 15.2. The van der Waals surface area contributed by atoms with Gasteiger partial charge < -0.3 is 5.73 Å². The molecule has 0 aromatic heterocycles. The lowest BCUT2D eigenvalue weighted by Gasteiger charge is -2.48. The van der Waals surface area contributed by atoms with E-state index in [1.807, 2.05) is 0 Å². The van der Waals surface area contributed by atoms with Gasteiger partial charge in [0.05, 0.1) is 0 Å². The van der Waals surface area contributed by atoms with Crippen LogP contribution in [0.3, 0.4) is 0 Å². The molecular formula is C15H30N2. The highest BCUT2D eigenvalue weighted by molar-refractivity contribution is 5.00. The third kappa shape index (κ3) is 2.39. The largest absolute Gasteiger partial charge is 0.329 e. The molecule has 0 spiro atoms. The quantitative estimate of drug-likeness (QED) is 0.801. The summed E-state index contributed by atoms with van der Waals surface area (Å²) in [5, 5.41) is 0. The van der Waals surface area contributed by atoms with E-state index in [2.05, 4.69) is 32.6 Å². The van der Waals surface area contributed by atoms with Gasteiger partial charge in [-0.15, -0.1) is 0 Å². The van der Waals surface area contributed by atoms with Gasteiger partial charge in [-0.05, 0) is 42.9 Å². The van der Waals surface area contributed by atoms with E-state index in [9.17, 15) is 0 Å². The summed E-state index contributed by atoms with van der Waals surface area (Å²) < 4.78 is 0. The molecule has 1 heterocycles. The van der Waals surface area contributed by atoms with E-state index in [4.69, 9.17) is 5.73 Å². The van der Waals surface area contributed by atoms with Crippen LogP contribution < -0.4 is 5.73 Å². The third-order valence-corrected chi connectivity index (χ3v) is 5.78. The van der Waals surface area contributed by atoms with Gasteiger partial charge in [-0.2, -0.15) is 0 Å². The minimum atomic E-state index is 0.324. The van der Waals surface area contributed by atoms with Crippen molar-refractivity contribution in [2.24, 2.45) is 29.4 Å². The molecule has 2 N–H and O–H groups in total. The molecule has 0 radical (unpaired) electrons. The molecule has 1 saturated carbocycles. The minimum absolute atomic E-state index is 0.324. The maximum Gasteiger partial charge on any atom is 0.0334 e. The first-order valence-corrected chi connectivity index (χ1v) is 7.43. The second-order valence-corrected chi connectivity index (χ2v) is 6.99. The van der Waals surface area contributed by atoms with E-state index in [0.717, 1.165) is 30.2 Å². The summed E-state index contributed by atoms with van der Waals surface area (Å²) in [5.41, 5.74) is 6.50. The maximum absolute atomic E-state index is 6.17. The van der Waals surface area contributed by atoms with Crippen molar-refractivity contribution < 1.29 is 0 Å². The Labute approximate surface area is 107 Å². The molecule has 2 rings (SSSR count). The lowest BCUT2D eigenvalue weighted by atomic mass is 9.70. The van der Waals surface area contributed by atoms with Crippen molar-refractivity contribution in [2.75, 3.05) is 19.6 Å². The molecule has 100 valence electrons. The summed E-state index contributed by atoms with van der Waals surface area (Å²) in [4.78, 5) is 2.73. The number of nitrogens with two attached hydrogens (primary N) is 1. The van der Waals surface area contributed by atoms with Gasteiger partial charge in [0.25, 0.3) is 0 Å². The molecule has 5 atom stereocenters. The Morgan fingerprint density at radius 2 is 1.59 bits per heavy atom. The van der Waals surface area contributed by atoms with Crippen LogP contribution in [0.5, 0.6) is 0 Å². The van der Waals surface area contributed by atoms with E-state index < -0.39 is 0 Å². The van der Waals surface area contributed by atoms with Crippen molar-refractivity contribution in [2.45, 2.75) is 52.5 Å². The van der Waals surface area contributed by atoms with E-state index in [0.29, 0.717) is 5.54 Å². The molecule has 0 amide bonds. The van der Waals surface area contributed by atoms with Crippen molar-refractivity contribution >= 4 is 0 Å². The van der Waals surface area contributed by atoms with Gasteiger partial charge in [0.15, 0.2) is 0 Å². The van der Waals surface area contributed by atoms with Gasteiger partial charge in [0.2, 0.25) is 0 Å². The first-order chi connectivity index (χ1) is 7.98. The SMILES string of the molecule is CC1CCC(CN)(N2CC(C)C(C)C2)CC1C. The standard InChI is InChI=1S/C15H30N2/c1-11-5-6-15(10-16,7-12(11)2)17-8-13(3)14(4)9-17/h11-14H,5-10,16H2,1-4H3. The fourth-order valence-corrected chi connectivity index (χ4v) is 3.80. The lowest BCUT2D eigenvalue weighted by Crippen LogP contribution is -2.56. The number of likely N-dealkylation sites (tertiary alicyclic amines) is 1. The fraction of sp³-hybridized carbons (Fsp3) is 1.00. The summed E-state index contributed by atoms with van der Waals surface area (Å²) in [5.74, 6) is 3.40. The van der Waals surface area contributed by atoms with E-state index in [1.54, 1.807) is 0 Å². The first kappa shape index (κ1) is 13.4. The first-order valence-electron chi connectivity index (χ1n) is 7.43. The molecular weight excluding hydrogens is 208 g/mol. The van der Waals surface area contributed by atoms with E-state index in [-0.39, 0.29) is 0 Å². The van der Waals surface area contributed by atoms with E-state index >= 15 is 0 Å². The van der Waals surface area contributed by atoms with E-state index in [1.165, 1.54) is 32.4 Å². The van der Waals surface area contributed by atoms with Crippen LogP contribution in [0, 0.1) is 23.7 Å². The van der Waals surface area contributed by atoms with Crippen molar-refractivity contribution in [3.8, 4) is 0 Å². The monoisotopic (exact) mass is 238 g/mol. The van der Waals surface area contributed by atoms with Crippen LogP contribution >= 0.6 is 0 Å². The van der Waals surface area contributed by atoms with Gasteiger partial charge >= 0.3 is 0 Å². The molecule has 17 heavy (non-hydrogen) atoms. The summed E-state index contributed by atoms with van der Waals surface area (Å²) in [7, 11) is 0. The molecule has 5 unspecified atom stereocenters. The average Bonchev–Trinajstić information content (AvgIpc) is 2.64.